The molecule has 0 saturated carbocycles. The largest absolute Gasteiger partial charge is 0.481 e. The maximum atomic E-state index is 5.13. The van der Waals surface area contributed by atoms with Crippen molar-refractivity contribution < 1.29 is 4.74 Å². The standard InChI is InChI=1S/C16H25N3O/c1-3-14-11-18-8-4-5-15(18)12-19(14)10-13-6-7-16(20-2)17-9-13/h6-7,9,14-15H,3-5,8,10-12H2,1-2H3. The van der Waals surface area contributed by atoms with Crippen LogP contribution in [0.1, 0.15) is 31.7 Å². The molecule has 0 spiro atoms. The first-order chi connectivity index (χ1) is 9.80. The van der Waals surface area contributed by atoms with E-state index in [1.807, 2.05) is 12.3 Å². The summed E-state index contributed by atoms with van der Waals surface area (Å²) in [5.74, 6) is 0.696. The number of piperazine rings is 1. The summed E-state index contributed by atoms with van der Waals surface area (Å²) < 4.78 is 5.13. The van der Waals surface area contributed by atoms with Gasteiger partial charge >= 0.3 is 0 Å². The topological polar surface area (TPSA) is 28.6 Å². The molecule has 3 rings (SSSR count). The Bertz CT molecular complexity index is 434. The number of ether oxygens (including phenoxy) is 1. The minimum Gasteiger partial charge on any atom is -0.481 e. The molecule has 2 atom stereocenters. The second kappa shape index (κ2) is 6.10. The van der Waals surface area contributed by atoms with E-state index in [0.717, 1.165) is 12.6 Å². The first kappa shape index (κ1) is 13.8. The van der Waals surface area contributed by atoms with E-state index < -0.39 is 0 Å². The van der Waals surface area contributed by atoms with Crippen molar-refractivity contribution in [1.82, 2.24) is 14.8 Å². The van der Waals surface area contributed by atoms with Gasteiger partial charge < -0.3 is 4.74 Å². The Balaban J connectivity index is 1.67. The molecule has 4 heteroatoms. The third-order valence-corrected chi connectivity index (χ3v) is 4.77. The fraction of sp³-hybridized carbons (Fsp3) is 0.688. The molecular formula is C16H25N3O. The lowest BCUT2D eigenvalue weighted by atomic mass is 10.0. The molecule has 1 aromatic heterocycles. The summed E-state index contributed by atoms with van der Waals surface area (Å²) in [4.78, 5) is 9.66. The van der Waals surface area contributed by atoms with E-state index in [0.29, 0.717) is 11.9 Å². The highest BCUT2D eigenvalue weighted by Gasteiger charge is 2.35. The van der Waals surface area contributed by atoms with Gasteiger partial charge in [0.15, 0.2) is 0 Å². The van der Waals surface area contributed by atoms with Crippen LogP contribution in [0.4, 0.5) is 0 Å². The highest BCUT2D eigenvalue weighted by atomic mass is 16.5. The average Bonchev–Trinajstić information content (AvgIpc) is 2.94. The zero-order chi connectivity index (χ0) is 13.9. The van der Waals surface area contributed by atoms with Crippen molar-refractivity contribution in [3.8, 4) is 5.88 Å². The predicted molar refractivity (Wildman–Crippen MR) is 79.9 cm³/mol. The monoisotopic (exact) mass is 275 g/mol. The van der Waals surface area contributed by atoms with Crippen LogP contribution in [0.3, 0.4) is 0 Å². The van der Waals surface area contributed by atoms with Gasteiger partial charge in [-0.2, -0.15) is 0 Å². The van der Waals surface area contributed by atoms with Crippen molar-refractivity contribution >= 4 is 0 Å². The first-order valence-electron chi connectivity index (χ1n) is 7.77. The van der Waals surface area contributed by atoms with Crippen LogP contribution in [-0.4, -0.2) is 53.6 Å². The SMILES string of the molecule is CCC1CN2CCCC2CN1Cc1ccc(OC)nc1. The van der Waals surface area contributed by atoms with Crippen molar-refractivity contribution in [2.45, 2.75) is 44.8 Å². The molecule has 0 aliphatic carbocycles. The van der Waals surface area contributed by atoms with E-state index in [-0.39, 0.29) is 0 Å². The molecule has 4 nitrogen and oxygen atoms in total. The Hall–Kier alpha value is -1.13. The van der Waals surface area contributed by atoms with Crippen molar-refractivity contribution in [2.24, 2.45) is 0 Å². The predicted octanol–water partition coefficient (Wildman–Crippen LogP) is 2.15. The molecule has 2 fully saturated rings. The molecule has 0 radical (unpaired) electrons. The Morgan fingerprint density at radius 1 is 1.35 bits per heavy atom. The van der Waals surface area contributed by atoms with Crippen LogP contribution in [0.25, 0.3) is 0 Å². The van der Waals surface area contributed by atoms with Gasteiger partial charge in [-0.25, -0.2) is 4.98 Å². The van der Waals surface area contributed by atoms with Crippen LogP contribution in [0.15, 0.2) is 18.3 Å². The Kier molecular flexibility index (Phi) is 4.22. The second-order valence-corrected chi connectivity index (χ2v) is 5.99. The van der Waals surface area contributed by atoms with Gasteiger partial charge in [0.2, 0.25) is 5.88 Å². The fourth-order valence-corrected chi connectivity index (χ4v) is 3.59. The van der Waals surface area contributed by atoms with Crippen LogP contribution in [0.2, 0.25) is 0 Å². The minimum atomic E-state index is 0.687. The van der Waals surface area contributed by atoms with Gasteiger partial charge in [0, 0.05) is 44.0 Å². The minimum absolute atomic E-state index is 0.687. The number of hydrogen-bond acceptors (Lipinski definition) is 4. The summed E-state index contributed by atoms with van der Waals surface area (Å²) >= 11 is 0. The van der Waals surface area contributed by atoms with Crippen molar-refractivity contribution in [1.29, 1.82) is 0 Å². The number of hydrogen-bond donors (Lipinski definition) is 0. The van der Waals surface area contributed by atoms with Crippen LogP contribution in [-0.2, 0) is 6.54 Å². The van der Waals surface area contributed by atoms with Gasteiger partial charge in [-0.15, -0.1) is 0 Å². The van der Waals surface area contributed by atoms with E-state index in [4.69, 9.17) is 4.74 Å². The zero-order valence-corrected chi connectivity index (χ0v) is 12.6. The number of methoxy groups -OCH3 is 1. The van der Waals surface area contributed by atoms with E-state index >= 15 is 0 Å². The molecule has 1 aromatic rings. The van der Waals surface area contributed by atoms with E-state index in [1.165, 1.54) is 44.5 Å². The molecule has 2 saturated heterocycles. The highest BCUT2D eigenvalue weighted by Crippen LogP contribution is 2.27. The van der Waals surface area contributed by atoms with Crippen molar-refractivity contribution in [3.63, 3.8) is 0 Å². The van der Waals surface area contributed by atoms with Gasteiger partial charge in [0.05, 0.1) is 7.11 Å². The van der Waals surface area contributed by atoms with Gasteiger partial charge in [0.25, 0.3) is 0 Å². The number of rotatable bonds is 4. The van der Waals surface area contributed by atoms with Gasteiger partial charge in [-0.3, -0.25) is 9.80 Å². The van der Waals surface area contributed by atoms with Gasteiger partial charge in [-0.05, 0) is 31.4 Å². The summed E-state index contributed by atoms with van der Waals surface area (Å²) in [5, 5.41) is 0. The summed E-state index contributed by atoms with van der Waals surface area (Å²) in [6.07, 6.45) is 5.92. The summed E-state index contributed by atoms with van der Waals surface area (Å²) in [5.41, 5.74) is 1.29. The molecule has 0 bridgehead atoms. The molecule has 2 unspecified atom stereocenters. The third-order valence-electron chi connectivity index (χ3n) is 4.77. The molecule has 3 heterocycles. The van der Waals surface area contributed by atoms with Gasteiger partial charge in [-0.1, -0.05) is 13.0 Å². The van der Waals surface area contributed by atoms with Crippen molar-refractivity contribution in [2.75, 3.05) is 26.7 Å². The molecular weight excluding hydrogens is 250 g/mol. The number of fused-ring (bicyclic) bond motifs is 1. The van der Waals surface area contributed by atoms with Crippen molar-refractivity contribution in [3.05, 3.63) is 23.9 Å². The third kappa shape index (κ3) is 2.81. The molecule has 20 heavy (non-hydrogen) atoms. The number of aromatic nitrogens is 1. The lowest BCUT2D eigenvalue weighted by Crippen LogP contribution is -2.55. The molecule has 0 N–H and O–H groups in total. The summed E-state index contributed by atoms with van der Waals surface area (Å²) in [6.45, 7) is 7.08. The van der Waals surface area contributed by atoms with Crippen LogP contribution in [0, 0.1) is 0 Å². The Labute approximate surface area is 121 Å². The fourth-order valence-electron chi connectivity index (χ4n) is 3.59. The molecule has 0 aromatic carbocycles. The quantitative estimate of drug-likeness (QED) is 0.842. The molecule has 2 aliphatic rings. The molecule has 110 valence electrons. The smallest absolute Gasteiger partial charge is 0.212 e. The van der Waals surface area contributed by atoms with Crippen LogP contribution in [0.5, 0.6) is 5.88 Å². The zero-order valence-electron chi connectivity index (χ0n) is 12.6. The summed E-state index contributed by atoms with van der Waals surface area (Å²) in [7, 11) is 1.66. The van der Waals surface area contributed by atoms with Crippen LogP contribution >= 0.6 is 0 Å². The molecule has 0 amide bonds. The van der Waals surface area contributed by atoms with Crippen LogP contribution < -0.4 is 4.74 Å². The Morgan fingerprint density at radius 3 is 2.95 bits per heavy atom. The van der Waals surface area contributed by atoms with E-state index in [2.05, 4.69) is 27.8 Å². The Morgan fingerprint density at radius 2 is 2.25 bits per heavy atom. The second-order valence-electron chi connectivity index (χ2n) is 5.99. The summed E-state index contributed by atoms with van der Waals surface area (Å²) in [6, 6.07) is 5.57. The number of nitrogens with zero attached hydrogens (tertiary/aromatic N) is 3. The first-order valence-corrected chi connectivity index (χ1v) is 7.77. The molecule has 2 aliphatic heterocycles. The lowest BCUT2D eigenvalue weighted by Gasteiger charge is -2.43. The van der Waals surface area contributed by atoms with Gasteiger partial charge in [0.1, 0.15) is 0 Å². The normalized spacial score (nSPS) is 27.5. The maximum absolute atomic E-state index is 5.13. The lowest BCUT2D eigenvalue weighted by molar-refractivity contribution is 0.0436. The maximum Gasteiger partial charge on any atom is 0.212 e. The average molecular weight is 275 g/mol. The van der Waals surface area contributed by atoms with E-state index in [9.17, 15) is 0 Å². The highest BCUT2D eigenvalue weighted by molar-refractivity contribution is 5.18. The number of pyridine rings is 1. The van der Waals surface area contributed by atoms with E-state index in [1.54, 1.807) is 7.11 Å².